The van der Waals surface area contributed by atoms with Crippen LogP contribution in [0.2, 0.25) is 0 Å². The van der Waals surface area contributed by atoms with Crippen molar-refractivity contribution in [2.45, 2.75) is 135 Å². The number of rotatable bonds is 21. The molecule has 0 bridgehead atoms. The van der Waals surface area contributed by atoms with Crippen molar-refractivity contribution in [3.63, 3.8) is 0 Å². The number of aromatic amines is 1. The maximum Gasteiger partial charge on any atom is 0.224 e. The number of amides is 3. The Labute approximate surface area is 589 Å². The minimum Gasteiger partial charge on any atom is -0.402 e. The lowest BCUT2D eigenvalue weighted by molar-refractivity contribution is -0.119. The van der Waals surface area contributed by atoms with Crippen LogP contribution in [0.15, 0.2) is 161 Å². The molecule has 4 aromatic heterocycles. The van der Waals surface area contributed by atoms with Gasteiger partial charge in [-0.3, -0.25) is 24.3 Å². The Morgan fingerprint density at radius 1 is 0.598 bits per heavy atom. The number of amidine groups is 2. The van der Waals surface area contributed by atoms with Crippen molar-refractivity contribution in [1.29, 1.82) is 0 Å². The summed E-state index contributed by atoms with van der Waals surface area (Å²) in [5.41, 5.74) is 27.5. The first kappa shape index (κ1) is 71.6. The molecular weight excluding hydrogens is 1290 g/mol. The lowest BCUT2D eigenvalue weighted by atomic mass is 9.94. The molecule has 0 radical (unpaired) electrons. The number of aryl methyl sites for hydroxylation is 1. The quantitative estimate of drug-likeness (QED) is 0.0181. The van der Waals surface area contributed by atoms with E-state index in [4.69, 9.17) is 32.9 Å². The van der Waals surface area contributed by atoms with E-state index in [1.54, 1.807) is 52.0 Å². The number of piperidine rings is 2. The van der Waals surface area contributed by atoms with Crippen LogP contribution in [0.3, 0.4) is 0 Å². The van der Waals surface area contributed by atoms with E-state index in [2.05, 4.69) is 76.5 Å². The van der Waals surface area contributed by atoms with Crippen molar-refractivity contribution in [3.05, 3.63) is 126 Å². The van der Waals surface area contributed by atoms with Crippen LogP contribution >= 0.6 is 35.3 Å². The second-order valence-electron chi connectivity index (χ2n) is 23.3. The highest BCUT2D eigenvalue weighted by Crippen LogP contribution is 2.36. The van der Waals surface area contributed by atoms with Crippen molar-refractivity contribution in [3.8, 4) is 0 Å². The molecule has 26 nitrogen and oxygen atoms in total. The van der Waals surface area contributed by atoms with Crippen LogP contribution in [0.1, 0.15) is 105 Å². The van der Waals surface area contributed by atoms with Crippen molar-refractivity contribution < 1.29 is 36.4 Å². The first-order valence-electron chi connectivity index (χ1n) is 32.1. The number of hydrogen-bond acceptors (Lipinski definition) is 23. The number of carbonyl (C=O) groups excluding carboxylic acids is 4. The van der Waals surface area contributed by atoms with Gasteiger partial charge in [0.05, 0.1) is 6.54 Å². The molecule has 4 fully saturated rings. The summed E-state index contributed by atoms with van der Waals surface area (Å²) in [5, 5.41) is 24.4. The van der Waals surface area contributed by atoms with Gasteiger partial charge in [-0.05, 0) is 173 Å². The van der Waals surface area contributed by atoms with Crippen molar-refractivity contribution >= 4 is 128 Å². The van der Waals surface area contributed by atoms with E-state index in [1.165, 1.54) is 48.1 Å². The molecule has 0 saturated carbocycles. The Hall–Kier alpha value is -9.65. The van der Waals surface area contributed by atoms with Crippen LogP contribution in [0, 0.1) is 12.8 Å². The first-order valence-corrected chi connectivity index (χ1v) is 34.5. The zero-order chi connectivity index (χ0) is 69.0. The maximum absolute atomic E-state index is 13.7. The Bertz CT molecular complexity index is 4020. The average Bonchev–Trinajstić information content (AvgIpc) is 1.61. The van der Waals surface area contributed by atoms with Crippen molar-refractivity contribution in [2.24, 2.45) is 38.8 Å². The van der Waals surface area contributed by atoms with E-state index in [1.807, 2.05) is 104 Å². The molecule has 4 saturated heterocycles. The highest BCUT2D eigenvalue weighted by Gasteiger charge is 2.35. The highest BCUT2D eigenvalue weighted by molar-refractivity contribution is 7.99. The summed E-state index contributed by atoms with van der Waals surface area (Å²) in [7, 11) is 0. The average molecular weight is 1390 g/mol. The number of aliphatic imine (C=N–C) groups is 2. The van der Waals surface area contributed by atoms with Gasteiger partial charge in [0.25, 0.3) is 0 Å². The molecule has 4 aliphatic rings. The molecule has 8 heterocycles. The number of Topliss-reactive ketones (excluding diaryl/α,β-unsaturated/α-hetero) is 1. The van der Waals surface area contributed by atoms with Crippen molar-refractivity contribution in [2.75, 3.05) is 81.8 Å². The zero-order valence-corrected chi connectivity index (χ0v) is 57.6. The van der Waals surface area contributed by atoms with E-state index < -0.39 is 6.17 Å². The number of alkyl halides is 1. The van der Waals surface area contributed by atoms with Gasteiger partial charge in [0.15, 0.2) is 32.9 Å². The lowest BCUT2D eigenvalue weighted by Gasteiger charge is -2.27. The van der Waals surface area contributed by atoms with E-state index in [-0.39, 0.29) is 54.6 Å². The van der Waals surface area contributed by atoms with Gasteiger partial charge in [0.1, 0.15) is 46.9 Å². The molecule has 11 rings (SSSR count). The molecule has 528 valence electrons. The summed E-state index contributed by atoms with van der Waals surface area (Å²) in [6, 6.07) is 30.5. The first-order chi connectivity index (χ1) is 46.7. The number of halogens is 1. The smallest absolute Gasteiger partial charge is 0.224 e. The number of benzene rings is 3. The second kappa shape index (κ2) is 34.8. The monoisotopic (exact) mass is 1390 g/mol. The number of aromatic nitrogens is 8. The predicted octanol–water partition coefficient (Wildman–Crippen LogP) is 12.5. The summed E-state index contributed by atoms with van der Waals surface area (Å²) in [5.74, 6) is 5.76. The van der Waals surface area contributed by atoms with Gasteiger partial charge >= 0.3 is 0 Å². The maximum atomic E-state index is 13.7. The van der Waals surface area contributed by atoms with Gasteiger partial charge in [-0.15, -0.1) is 0 Å². The van der Waals surface area contributed by atoms with Gasteiger partial charge in [-0.2, -0.15) is 5.10 Å². The van der Waals surface area contributed by atoms with Gasteiger partial charge in [0, 0.05) is 157 Å². The summed E-state index contributed by atoms with van der Waals surface area (Å²) in [4.78, 5) is 92.1. The Morgan fingerprint density at radius 2 is 1.06 bits per heavy atom. The van der Waals surface area contributed by atoms with Crippen molar-refractivity contribution in [1.82, 2.24) is 45.4 Å². The lowest BCUT2D eigenvalue weighted by Crippen LogP contribution is -2.40. The third-order valence-electron chi connectivity index (χ3n) is 15.3. The molecule has 7 aromatic rings. The predicted molar refractivity (Wildman–Crippen MR) is 404 cm³/mol. The number of carbonyl (C=O) groups is 4. The van der Waals surface area contributed by atoms with Crippen LogP contribution in [-0.4, -0.2) is 133 Å². The number of fused-ring (bicyclic) bond motifs is 1. The molecular formula is C67H101FN22O4S3. The topological polar surface area (TPSA) is 373 Å². The van der Waals surface area contributed by atoms with Crippen LogP contribution < -0.4 is 64.2 Å². The van der Waals surface area contributed by atoms with Crippen LogP contribution in [0.5, 0.6) is 0 Å². The number of ketones is 1. The summed E-state index contributed by atoms with van der Waals surface area (Å²) in [6.45, 7) is 16.0. The summed E-state index contributed by atoms with van der Waals surface area (Å²) >= 11 is 4.22. The molecule has 3 atom stereocenters. The Morgan fingerprint density at radius 3 is 1.48 bits per heavy atom. The minimum atomic E-state index is -0.878. The van der Waals surface area contributed by atoms with E-state index in [9.17, 15) is 23.6 Å². The van der Waals surface area contributed by atoms with Gasteiger partial charge in [-0.25, -0.2) is 44.3 Å². The van der Waals surface area contributed by atoms with Crippen LogP contribution in [0.4, 0.5) is 62.2 Å². The second-order valence-corrected chi connectivity index (χ2v) is 26.5. The number of hydrogen-bond donors (Lipinski definition) is 10. The molecule has 30 heteroatoms. The van der Waals surface area contributed by atoms with E-state index in [0.29, 0.717) is 126 Å². The fourth-order valence-corrected chi connectivity index (χ4v) is 12.7. The Kier molecular flexibility index (Phi) is 25.7. The zero-order valence-electron chi connectivity index (χ0n) is 55.1. The third kappa shape index (κ3) is 22.5. The molecule has 3 amide bonds. The fourth-order valence-electron chi connectivity index (χ4n) is 10.5. The largest absolute Gasteiger partial charge is 0.402 e. The van der Waals surface area contributed by atoms with Gasteiger partial charge in [0.2, 0.25) is 17.7 Å². The van der Waals surface area contributed by atoms with E-state index >= 15 is 0 Å². The summed E-state index contributed by atoms with van der Waals surface area (Å²) < 4.78 is 13.7. The van der Waals surface area contributed by atoms with Gasteiger partial charge < -0.3 is 64.2 Å². The number of nitrogens with one attached hydrogen (secondary N) is 6. The normalized spacial score (nSPS) is 17.3. The van der Waals surface area contributed by atoms with Crippen LogP contribution in [-0.2, 0) is 19.2 Å². The standard InChI is InChI=1S/C24H30N8OS.C22H27N7O2S.C21H26FN7OS.9H2/c1-3-23(33)26-17-6-8-18(9-7-17)34-24-28-20(27-21-11-15(2)30-31-21)12-22(29-24)32-13-16-5-4-10-25-19(16)14-32;1-3-21(31)25-15-4-6-17(7-5-15)32-22-27-19(26-18(24)12-14(2)23)13-20(28-22)29-10-8-16(30)9-11-29;1-3-20(30)25-15-4-6-16(7-5-15)31-21-27-18(26-17(24)10-13(2)23)11-19(28-21)29-9-8-14(22)12-29;;;;;;;;;/h6-9,11-12,16,19,25H,3-5,10,13-14H2,1-2H3,(H,26,33)(H2,27,28,29,30,31);4-7,12-13H,3,8-11,23H2,1-2H3,(H,25,31)(H2,24,26,27,28);4-7,10-11,14H,3,8-9,12,23H2,1-2H3,(H,25,30)(H2,24,26,27,28);9*1H/b;14-12-;;;;;;;;;;. The fraction of sp³-hybridized carbons (Fsp3) is 0.358. The number of H-pyrrole nitrogens is 1. The van der Waals surface area contributed by atoms with Crippen LogP contribution in [0.25, 0.3) is 0 Å². The molecule has 4 aliphatic heterocycles. The molecule has 3 aromatic carbocycles. The molecule has 3 unspecified atom stereocenters. The minimum absolute atomic E-state index is 0. The molecule has 0 spiro atoms. The molecule has 14 N–H and O–H groups in total. The van der Waals surface area contributed by atoms with E-state index in [0.717, 1.165) is 68.7 Å². The number of anilines is 8. The summed E-state index contributed by atoms with van der Waals surface area (Å²) in [6.07, 6.45) is 7.48. The number of nitrogens with zero attached hydrogens (tertiary/aromatic N) is 12. The highest BCUT2D eigenvalue weighted by atomic mass is 32.2. The third-order valence-corrected chi connectivity index (χ3v) is 17.9. The Balaban J connectivity index is 0.00000150. The molecule has 97 heavy (non-hydrogen) atoms. The van der Waals surface area contributed by atoms with Gasteiger partial charge in [-0.1, -0.05) is 20.8 Å². The molecule has 0 aliphatic carbocycles. The number of nitrogens with two attached hydrogens (primary N) is 4. The number of allylic oxidation sites excluding steroid dienone is 2. The SMILES string of the molecule is CCC(=O)Nc1ccc(Sc2nc(N=C(N)/C=C(/C)N)cc(N3CCC(=O)CC3)n2)cc1.CCC(=O)Nc1ccc(Sc2nc(N=C(N)C=C(C)N)cc(N3CCC(F)C3)n2)cc1.CCC(=O)Nc1ccc(Sc2nc(Nc3cc(C)[nH]n3)cc(N3CC4CCCNC4C3)n2)cc1.[HH].[HH].[HH].[HH].[HH].[HH].[HH].[HH].[HH].